The topological polar surface area (TPSA) is 62.9 Å². The number of hydrogen-bond acceptors (Lipinski definition) is 3. The minimum atomic E-state index is -0.448. The number of halogens is 2. The lowest BCUT2D eigenvalue weighted by atomic mass is 9.97. The monoisotopic (exact) mass is 667 g/mol. The molecule has 5 aromatic carbocycles. The van der Waals surface area contributed by atoms with Gasteiger partial charge in [-0.3, -0.25) is 15.0 Å². The van der Waals surface area contributed by atoms with Gasteiger partial charge in [0.1, 0.15) is 23.0 Å². The van der Waals surface area contributed by atoms with Crippen LogP contribution in [-0.2, 0) is 6.54 Å². The van der Waals surface area contributed by atoms with Crippen molar-refractivity contribution in [1.82, 2.24) is 9.97 Å². The molecule has 0 saturated heterocycles. The van der Waals surface area contributed by atoms with E-state index in [1.165, 1.54) is 12.1 Å². The highest BCUT2D eigenvalue weighted by atomic mass is 19.1. The molecule has 0 aliphatic rings. The van der Waals surface area contributed by atoms with Gasteiger partial charge in [-0.1, -0.05) is 91.0 Å². The molecule has 0 bridgehead atoms. The number of amidine groups is 2. The van der Waals surface area contributed by atoms with Gasteiger partial charge in [0.2, 0.25) is 0 Å². The van der Waals surface area contributed by atoms with Crippen molar-refractivity contribution >= 4 is 18.4 Å². The first kappa shape index (κ1) is 32.8. The minimum absolute atomic E-state index is 0.204. The summed E-state index contributed by atoms with van der Waals surface area (Å²) in [5.41, 5.74) is 7.26. The Kier molecular flexibility index (Phi) is 9.79. The molecule has 0 spiro atoms. The Bertz CT molecular complexity index is 2370. The van der Waals surface area contributed by atoms with Crippen LogP contribution < -0.4 is 0 Å². The van der Waals surface area contributed by atoms with E-state index in [2.05, 4.69) is 21.7 Å². The van der Waals surface area contributed by atoms with E-state index >= 15 is 8.78 Å². The third-order valence-corrected chi connectivity index (χ3v) is 8.28. The number of nitrogens with zero attached hydrogens (tertiary/aromatic N) is 5. The van der Waals surface area contributed by atoms with Gasteiger partial charge in [-0.05, 0) is 95.2 Å². The Morgan fingerprint density at radius 1 is 0.490 bits per heavy atom. The van der Waals surface area contributed by atoms with Crippen LogP contribution >= 0.6 is 0 Å². The number of benzene rings is 5. The van der Waals surface area contributed by atoms with E-state index in [0.29, 0.717) is 34.6 Å². The zero-order valence-corrected chi connectivity index (χ0v) is 27.5. The van der Waals surface area contributed by atoms with Gasteiger partial charge < -0.3 is 0 Å². The van der Waals surface area contributed by atoms with Crippen molar-refractivity contribution in [2.24, 2.45) is 15.0 Å². The van der Waals surface area contributed by atoms with Crippen LogP contribution in [0.1, 0.15) is 16.7 Å². The molecule has 0 fully saturated rings. The number of rotatable bonds is 8. The van der Waals surface area contributed by atoms with Gasteiger partial charge in [0.05, 0.1) is 6.54 Å². The summed E-state index contributed by atoms with van der Waals surface area (Å²) in [5, 5.41) is 0. The van der Waals surface area contributed by atoms with Crippen LogP contribution in [0, 0.1) is 11.6 Å². The summed E-state index contributed by atoms with van der Waals surface area (Å²) in [6.45, 7) is 4.20. The van der Waals surface area contributed by atoms with Crippen molar-refractivity contribution in [2.45, 2.75) is 6.54 Å². The Balaban J connectivity index is 1.44. The molecule has 0 saturated carbocycles. The van der Waals surface area contributed by atoms with Crippen LogP contribution in [0.4, 0.5) is 8.78 Å². The molecule has 0 unspecified atom stereocenters. The lowest BCUT2D eigenvalue weighted by Gasteiger charge is -2.13. The molecule has 0 amide bonds. The first-order chi connectivity index (χ1) is 25.1. The molecule has 7 aromatic rings. The largest absolute Gasteiger partial charge is 0.261 e. The maximum Gasteiger partial charge on any atom is 0.161 e. The fourth-order valence-electron chi connectivity index (χ4n) is 5.81. The van der Waals surface area contributed by atoms with E-state index in [4.69, 9.17) is 9.98 Å². The van der Waals surface area contributed by atoms with Gasteiger partial charge in [-0.15, -0.1) is 0 Å². The Morgan fingerprint density at radius 2 is 0.941 bits per heavy atom. The number of aromatic nitrogens is 2. The van der Waals surface area contributed by atoms with E-state index in [-0.39, 0.29) is 17.2 Å². The highest BCUT2D eigenvalue weighted by Crippen LogP contribution is 2.31. The summed E-state index contributed by atoms with van der Waals surface area (Å²) in [5.74, 6) is -0.267. The Morgan fingerprint density at radius 3 is 1.41 bits per heavy atom. The third kappa shape index (κ3) is 7.63. The molecule has 0 radical (unpaired) electrons. The summed E-state index contributed by atoms with van der Waals surface area (Å²) in [4.78, 5) is 23.1. The van der Waals surface area contributed by atoms with Crippen molar-refractivity contribution in [3.63, 3.8) is 0 Å². The van der Waals surface area contributed by atoms with Crippen LogP contribution in [0.2, 0.25) is 0 Å². The van der Waals surface area contributed by atoms with Crippen LogP contribution in [0.15, 0.2) is 179 Å². The average molecular weight is 668 g/mol. The van der Waals surface area contributed by atoms with E-state index in [9.17, 15) is 0 Å². The highest BCUT2D eigenvalue weighted by molar-refractivity contribution is 6.14. The molecule has 0 atom stereocenters. The van der Waals surface area contributed by atoms with Gasteiger partial charge in [-0.25, -0.2) is 18.8 Å². The second kappa shape index (κ2) is 15.2. The fraction of sp³-hybridized carbons (Fsp3) is 0.0227. The second-order valence-electron chi connectivity index (χ2n) is 11.7. The van der Waals surface area contributed by atoms with Crippen molar-refractivity contribution in [3.8, 4) is 44.8 Å². The smallest absolute Gasteiger partial charge is 0.161 e. The highest BCUT2D eigenvalue weighted by Gasteiger charge is 2.17. The predicted octanol–water partition coefficient (Wildman–Crippen LogP) is 10.5. The van der Waals surface area contributed by atoms with Crippen LogP contribution in [-0.4, -0.2) is 28.4 Å². The maximum atomic E-state index is 15.2. The van der Waals surface area contributed by atoms with E-state index in [1.54, 1.807) is 30.6 Å². The van der Waals surface area contributed by atoms with E-state index in [1.807, 2.05) is 121 Å². The molecule has 0 N–H and O–H groups in total. The van der Waals surface area contributed by atoms with Crippen LogP contribution in [0.5, 0.6) is 0 Å². The molecule has 2 aromatic heterocycles. The second-order valence-corrected chi connectivity index (χ2v) is 11.7. The Labute approximate surface area is 295 Å². The van der Waals surface area contributed by atoms with Crippen LogP contribution in [0.3, 0.4) is 0 Å². The lowest BCUT2D eigenvalue weighted by molar-refractivity contribution is 0.625. The third-order valence-electron chi connectivity index (χ3n) is 8.28. The zero-order chi connectivity index (χ0) is 35.0. The number of pyridine rings is 2. The van der Waals surface area contributed by atoms with Crippen molar-refractivity contribution in [1.29, 1.82) is 0 Å². The number of aliphatic imine (C=N–C) groups is 3. The summed E-state index contributed by atoms with van der Waals surface area (Å²) >= 11 is 0. The molecule has 0 aliphatic heterocycles. The zero-order valence-electron chi connectivity index (χ0n) is 27.5. The SMILES string of the molecule is C=NC(=NC(=NCc1ccccc1)c1cc(-c2ccccc2)cc(-c2ncccc2F)c1)c1cc(-c2ccccc2)cc(-c2ncccc2F)c1. The summed E-state index contributed by atoms with van der Waals surface area (Å²) < 4.78 is 30.3. The normalized spacial score (nSPS) is 11.7. The molecule has 7 heteroatoms. The van der Waals surface area contributed by atoms with Crippen molar-refractivity contribution < 1.29 is 8.78 Å². The molecular formula is C44H31F2N5. The van der Waals surface area contributed by atoms with Crippen LogP contribution in [0.25, 0.3) is 44.8 Å². The van der Waals surface area contributed by atoms with Gasteiger partial charge in [-0.2, -0.15) is 0 Å². The van der Waals surface area contributed by atoms with Gasteiger partial charge in [0.25, 0.3) is 0 Å². The van der Waals surface area contributed by atoms with Gasteiger partial charge in [0.15, 0.2) is 11.7 Å². The van der Waals surface area contributed by atoms with E-state index < -0.39 is 11.6 Å². The quantitative estimate of drug-likeness (QED) is 0.120. The molecule has 246 valence electrons. The number of hydrogen-bond donors (Lipinski definition) is 0. The molecule has 51 heavy (non-hydrogen) atoms. The Hall–Kier alpha value is -6.73. The van der Waals surface area contributed by atoms with Crippen molar-refractivity contribution in [2.75, 3.05) is 0 Å². The summed E-state index contributed by atoms with van der Waals surface area (Å²) in [7, 11) is 0. The van der Waals surface area contributed by atoms with Gasteiger partial charge in [0, 0.05) is 34.6 Å². The summed E-state index contributed by atoms with van der Waals surface area (Å²) in [6.07, 6.45) is 3.13. The lowest BCUT2D eigenvalue weighted by Crippen LogP contribution is -2.07. The molecular weight excluding hydrogens is 637 g/mol. The summed E-state index contributed by atoms with van der Waals surface area (Å²) in [6, 6.07) is 46.7. The standard InChI is InChI=1S/C44H31F2N5/c1-47-43(37-25-33(31-15-7-3-8-16-31)23-35(27-37)41-39(45)19-11-21-48-41)51-44(50-29-30-13-5-2-6-14-30)38-26-34(32-17-9-4-10-18-32)24-36(28-38)42-40(46)20-12-22-49-42/h2-28H,1,29H2. The maximum absolute atomic E-state index is 15.2. The average Bonchev–Trinajstić information content (AvgIpc) is 3.19. The molecule has 5 nitrogen and oxygen atoms in total. The fourth-order valence-corrected chi connectivity index (χ4v) is 5.81. The molecule has 2 heterocycles. The first-order valence-corrected chi connectivity index (χ1v) is 16.3. The van der Waals surface area contributed by atoms with Crippen molar-refractivity contribution in [3.05, 3.63) is 192 Å². The van der Waals surface area contributed by atoms with Gasteiger partial charge >= 0.3 is 0 Å². The predicted molar refractivity (Wildman–Crippen MR) is 203 cm³/mol. The molecule has 7 rings (SSSR count). The first-order valence-electron chi connectivity index (χ1n) is 16.3. The van der Waals surface area contributed by atoms with E-state index in [0.717, 1.165) is 27.8 Å². The minimum Gasteiger partial charge on any atom is -0.261 e. The molecule has 0 aliphatic carbocycles.